The SMILES string of the molecule is CCCN(Cc1ccccc1)C(=O)C(C)CCCC(C)N. The number of benzene rings is 1. The lowest BCUT2D eigenvalue weighted by Gasteiger charge is -2.26. The molecule has 0 spiro atoms. The third-order valence-electron chi connectivity index (χ3n) is 3.74. The van der Waals surface area contributed by atoms with E-state index in [-0.39, 0.29) is 17.9 Å². The van der Waals surface area contributed by atoms with Gasteiger partial charge in [0.15, 0.2) is 0 Å². The van der Waals surface area contributed by atoms with E-state index in [2.05, 4.69) is 19.1 Å². The Kier molecular flexibility index (Phi) is 8.06. The van der Waals surface area contributed by atoms with E-state index in [1.807, 2.05) is 36.9 Å². The van der Waals surface area contributed by atoms with Gasteiger partial charge in [-0.2, -0.15) is 0 Å². The van der Waals surface area contributed by atoms with Crippen molar-refractivity contribution in [2.75, 3.05) is 6.54 Å². The fourth-order valence-electron chi connectivity index (χ4n) is 2.52. The van der Waals surface area contributed by atoms with Crippen molar-refractivity contribution < 1.29 is 4.79 Å². The maximum atomic E-state index is 12.6. The van der Waals surface area contributed by atoms with E-state index in [9.17, 15) is 4.79 Å². The van der Waals surface area contributed by atoms with Crippen LogP contribution in [0.3, 0.4) is 0 Å². The summed E-state index contributed by atoms with van der Waals surface area (Å²) in [6.45, 7) is 7.71. The molecule has 1 aromatic rings. The van der Waals surface area contributed by atoms with Gasteiger partial charge in [0.25, 0.3) is 0 Å². The average molecular weight is 290 g/mol. The highest BCUT2D eigenvalue weighted by Gasteiger charge is 2.19. The van der Waals surface area contributed by atoms with Crippen molar-refractivity contribution in [3.63, 3.8) is 0 Å². The van der Waals surface area contributed by atoms with Gasteiger partial charge in [0.05, 0.1) is 0 Å². The van der Waals surface area contributed by atoms with E-state index in [4.69, 9.17) is 5.73 Å². The molecule has 3 heteroatoms. The number of amides is 1. The molecule has 0 bridgehead atoms. The van der Waals surface area contributed by atoms with Crippen molar-refractivity contribution >= 4 is 5.91 Å². The summed E-state index contributed by atoms with van der Waals surface area (Å²) in [7, 11) is 0. The summed E-state index contributed by atoms with van der Waals surface area (Å²) in [5.74, 6) is 0.351. The summed E-state index contributed by atoms with van der Waals surface area (Å²) in [5, 5.41) is 0. The molecule has 0 aliphatic heterocycles. The molecule has 1 amide bonds. The molecule has 1 rings (SSSR count). The van der Waals surface area contributed by atoms with Gasteiger partial charge in [-0.1, -0.05) is 50.6 Å². The van der Waals surface area contributed by atoms with Crippen molar-refractivity contribution in [2.24, 2.45) is 11.7 Å². The highest BCUT2D eigenvalue weighted by atomic mass is 16.2. The minimum atomic E-state index is 0.0824. The molecule has 0 aromatic heterocycles. The molecule has 0 saturated heterocycles. The number of rotatable bonds is 9. The summed E-state index contributed by atoms with van der Waals surface area (Å²) in [6.07, 6.45) is 3.93. The first kappa shape index (κ1) is 17.7. The van der Waals surface area contributed by atoms with Crippen LogP contribution in [0, 0.1) is 5.92 Å². The molecular weight excluding hydrogens is 260 g/mol. The fraction of sp³-hybridized carbons (Fsp3) is 0.611. The van der Waals surface area contributed by atoms with Crippen LogP contribution in [0.15, 0.2) is 30.3 Å². The Balaban J connectivity index is 2.55. The van der Waals surface area contributed by atoms with E-state index in [0.717, 1.165) is 32.2 Å². The molecular formula is C18H30N2O. The lowest BCUT2D eigenvalue weighted by molar-refractivity contribution is -0.135. The zero-order valence-electron chi connectivity index (χ0n) is 13.7. The van der Waals surface area contributed by atoms with Crippen LogP contribution < -0.4 is 5.73 Å². The van der Waals surface area contributed by atoms with Gasteiger partial charge in [-0.05, 0) is 31.7 Å². The average Bonchev–Trinajstić information content (AvgIpc) is 2.46. The summed E-state index contributed by atoms with van der Waals surface area (Å²) in [6, 6.07) is 10.4. The van der Waals surface area contributed by atoms with E-state index < -0.39 is 0 Å². The first-order valence-electron chi connectivity index (χ1n) is 8.12. The third kappa shape index (κ3) is 6.76. The Labute approximate surface area is 129 Å². The predicted octanol–water partition coefficient (Wildman–Crippen LogP) is 3.58. The first-order chi connectivity index (χ1) is 10.0. The minimum Gasteiger partial charge on any atom is -0.338 e. The Morgan fingerprint density at radius 1 is 1.19 bits per heavy atom. The van der Waals surface area contributed by atoms with Crippen LogP contribution in [0.5, 0.6) is 0 Å². The lowest BCUT2D eigenvalue weighted by atomic mass is 10.0. The van der Waals surface area contributed by atoms with Crippen molar-refractivity contribution in [1.82, 2.24) is 4.90 Å². The molecule has 2 atom stereocenters. The Hall–Kier alpha value is -1.35. The van der Waals surface area contributed by atoms with E-state index >= 15 is 0 Å². The van der Waals surface area contributed by atoms with E-state index in [1.165, 1.54) is 5.56 Å². The second-order valence-electron chi connectivity index (χ2n) is 6.05. The molecule has 1 aromatic carbocycles. The van der Waals surface area contributed by atoms with Crippen LogP contribution in [0.4, 0.5) is 0 Å². The highest BCUT2D eigenvalue weighted by molar-refractivity contribution is 5.78. The molecule has 0 fully saturated rings. The molecule has 0 heterocycles. The fourth-order valence-corrected chi connectivity index (χ4v) is 2.52. The van der Waals surface area contributed by atoms with Crippen LogP contribution in [0.2, 0.25) is 0 Å². The summed E-state index contributed by atoms with van der Waals surface area (Å²) < 4.78 is 0. The second kappa shape index (κ2) is 9.56. The maximum absolute atomic E-state index is 12.6. The van der Waals surface area contributed by atoms with Crippen molar-refractivity contribution in [3.05, 3.63) is 35.9 Å². The minimum absolute atomic E-state index is 0.0824. The van der Waals surface area contributed by atoms with Gasteiger partial charge in [0, 0.05) is 25.0 Å². The lowest BCUT2D eigenvalue weighted by Crippen LogP contribution is -2.35. The quantitative estimate of drug-likeness (QED) is 0.755. The van der Waals surface area contributed by atoms with Gasteiger partial charge in [0.1, 0.15) is 0 Å². The van der Waals surface area contributed by atoms with Gasteiger partial charge >= 0.3 is 0 Å². The predicted molar refractivity (Wildman–Crippen MR) is 88.8 cm³/mol. The van der Waals surface area contributed by atoms with Gasteiger partial charge in [0.2, 0.25) is 5.91 Å². The number of hydrogen-bond acceptors (Lipinski definition) is 2. The zero-order valence-corrected chi connectivity index (χ0v) is 13.7. The molecule has 3 nitrogen and oxygen atoms in total. The van der Waals surface area contributed by atoms with Crippen LogP contribution in [-0.2, 0) is 11.3 Å². The van der Waals surface area contributed by atoms with Crippen molar-refractivity contribution in [1.29, 1.82) is 0 Å². The monoisotopic (exact) mass is 290 g/mol. The number of carbonyl (C=O) groups is 1. The standard InChI is InChI=1S/C18H30N2O/c1-4-13-20(14-17-11-6-5-7-12-17)18(21)15(2)9-8-10-16(3)19/h5-7,11-12,15-16H,4,8-10,13-14,19H2,1-3H3. The van der Waals surface area contributed by atoms with Crippen LogP contribution >= 0.6 is 0 Å². The summed E-state index contributed by atoms with van der Waals surface area (Å²) >= 11 is 0. The van der Waals surface area contributed by atoms with Crippen LogP contribution in [-0.4, -0.2) is 23.4 Å². The smallest absolute Gasteiger partial charge is 0.225 e. The van der Waals surface area contributed by atoms with Crippen LogP contribution in [0.25, 0.3) is 0 Å². The first-order valence-corrected chi connectivity index (χ1v) is 8.12. The molecule has 0 aliphatic carbocycles. The third-order valence-corrected chi connectivity index (χ3v) is 3.74. The number of hydrogen-bond donors (Lipinski definition) is 1. The number of nitrogens with two attached hydrogens (primary N) is 1. The Morgan fingerprint density at radius 3 is 2.43 bits per heavy atom. The van der Waals surface area contributed by atoms with Crippen LogP contribution in [0.1, 0.15) is 52.0 Å². The maximum Gasteiger partial charge on any atom is 0.225 e. The molecule has 21 heavy (non-hydrogen) atoms. The zero-order chi connectivity index (χ0) is 15.7. The molecule has 0 aliphatic rings. The van der Waals surface area contributed by atoms with Gasteiger partial charge in [-0.25, -0.2) is 0 Å². The topological polar surface area (TPSA) is 46.3 Å². The molecule has 0 saturated carbocycles. The number of carbonyl (C=O) groups excluding carboxylic acids is 1. The van der Waals surface area contributed by atoms with E-state index in [1.54, 1.807) is 0 Å². The molecule has 2 unspecified atom stereocenters. The van der Waals surface area contributed by atoms with Gasteiger partial charge < -0.3 is 10.6 Å². The van der Waals surface area contributed by atoms with Crippen molar-refractivity contribution in [2.45, 2.75) is 59.0 Å². The van der Waals surface area contributed by atoms with E-state index in [0.29, 0.717) is 6.54 Å². The van der Waals surface area contributed by atoms with Gasteiger partial charge in [-0.15, -0.1) is 0 Å². The molecule has 0 radical (unpaired) electrons. The Morgan fingerprint density at radius 2 is 1.86 bits per heavy atom. The van der Waals surface area contributed by atoms with Gasteiger partial charge in [-0.3, -0.25) is 4.79 Å². The second-order valence-corrected chi connectivity index (χ2v) is 6.05. The summed E-state index contributed by atoms with van der Waals surface area (Å²) in [4.78, 5) is 14.6. The van der Waals surface area contributed by atoms with Crippen molar-refractivity contribution in [3.8, 4) is 0 Å². The highest BCUT2D eigenvalue weighted by Crippen LogP contribution is 2.15. The normalized spacial score (nSPS) is 13.7. The Bertz CT molecular complexity index is 403. The number of nitrogens with zero attached hydrogens (tertiary/aromatic N) is 1. The molecule has 118 valence electrons. The molecule has 2 N–H and O–H groups in total. The largest absolute Gasteiger partial charge is 0.338 e. The summed E-state index contributed by atoms with van der Waals surface area (Å²) in [5.41, 5.74) is 6.97.